The summed E-state index contributed by atoms with van der Waals surface area (Å²) in [4.78, 5) is 8.38. The van der Waals surface area contributed by atoms with Crippen molar-refractivity contribution in [3.63, 3.8) is 0 Å². The Bertz CT molecular complexity index is 543. The smallest absolute Gasteiger partial charge is 0.149 e. The zero-order chi connectivity index (χ0) is 11.4. The molecule has 0 unspecified atom stereocenters. The molecule has 0 radical (unpaired) electrons. The average Bonchev–Trinajstić information content (AvgIpc) is 2.30. The van der Waals surface area contributed by atoms with Gasteiger partial charge in [-0.05, 0) is 31.2 Å². The molecule has 0 aromatic carbocycles. The van der Waals surface area contributed by atoms with E-state index in [-0.39, 0.29) is 0 Å². The van der Waals surface area contributed by atoms with E-state index in [9.17, 15) is 0 Å². The molecule has 0 aliphatic heterocycles. The lowest BCUT2D eigenvalue weighted by Gasteiger charge is -2.06. The number of nitrogens with zero attached hydrogens (tertiary/aromatic N) is 3. The molecule has 0 spiro atoms. The first-order valence-corrected chi connectivity index (χ1v) is 4.85. The third kappa shape index (κ3) is 2.15. The third-order valence-electron chi connectivity index (χ3n) is 2.06. The average molecular weight is 210 g/mol. The number of aryl methyl sites for hydroxylation is 1. The van der Waals surface area contributed by atoms with Crippen LogP contribution in [0.4, 0.5) is 11.6 Å². The molecule has 78 valence electrons. The SMILES string of the molecule is Cc1cccc(Nc2ncccc2C#N)n1. The zero-order valence-electron chi connectivity index (χ0n) is 8.81. The van der Waals surface area contributed by atoms with Gasteiger partial charge in [-0.3, -0.25) is 0 Å². The largest absolute Gasteiger partial charge is 0.324 e. The van der Waals surface area contributed by atoms with E-state index in [1.165, 1.54) is 0 Å². The number of nitriles is 1. The molecular formula is C12H10N4. The Labute approximate surface area is 93.6 Å². The molecule has 16 heavy (non-hydrogen) atoms. The number of hydrogen-bond donors (Lipinski definition) is 1. The summed E-state index contributed by atoms with van der Waals surface area (Å²) >= 11 is 0. The van der Waals surface area contributed by atoms with E-state index in [1.54, 1.807) is 18.3 Å². The van der Waals surface area contributed by atoms with Crippen LogP contribution in [0.2, 0.25) is 0 Å². The fourth-order valence-electron chi connectivity index (χ4n) is 1.33. The Morgan fingerprint density at radius 2 is 2.12 bits per heavy atom. The van der Waals surface area contributed by atoms with E-state index < -0.39 is 0 Å². The third-order valence-corrected chi connectivity index (χ3v) is 2.06. The first-order valence-electron chi connectivity index (χ1n) is 4.85. The van der Waals surface area contributed by atoms with Crippen LogP contribution in [-0.2, 0) is 0 Å². The first kappa shape index (κ1) is 10.1. The van der Waals surface area contributed by atoms with Crippen LogP contribution in [0.5, 0.6) is 0 Å². The van der Waals surface area contributed by atoms with Crippen molar-refractivity contribution in [1.29, 1.82) is 5.26 Å². The van der Waals surface area contributed by atoms with E-state index in [2.05, 4.69) is 21.4 Å². The predicted molar refractivity (Wildman–Crippen MR) is 61.2 cm³/mol. The monoisotopic (exact) mass is 210 g/mol. The van der Waals surface area contributed by atoms with Crippen LogP contribution in [0.1, 0.15) is 11.3 Å². The van der Waals surface area contributed by atoms with Crippen LogP contribution in [0.15, 0.2) is 36.5 Å². The predicted octanol–water partition coefficient (Wildman–Crippen LogP) is 2.40. The van der Waals surface area contributed by atoms with E-state index in [4.69, 9.17) is 5.26 Å². The van der Waals surface area contributed by atoms with Crippen LogP contribution in [0, 0.1) is 18.3 Å². The minimum atomic E-state index is 0.505. The Morgan fingerprint density at radius 1 is 1.25 bits per heavy atom. The lowest BCUT2D eigenvalue weighted by Crippen LogP contribution is -1.98. The van der Waals surface area contributed by atoms with Crippen LogP contribution < -0.4 is 5.32 Å². The van der Waals surface area contributed by atoms with Gasteiger partial charge < -0.3 is 5.32 Å². The van der Waals surface area contributed by atoms with Gasteiger partial charge in [0.25, 0.3) is 0 Å². The second kappa shape index (κ2) is 4.41. The summed E-state index contributed by atoms with van der Waals surface area (Å²) in [5.41, 5.74) is 1.42. The van der Waals surface area contributed by atoms with Crippen LogP contribution in [0.25, 0.3) is 0 Å². The van der Waals surface area contributed by atoms with Crippen molar-refractivity contribution in [2.75, 3.05) is 5.32 Å². The summed E-state index contributed by atoms with van der Waals surface area (Å²) in [5, 5.41) is 11.9. The fraction of sp³-hybridized carbons (Fsp3) is 0.0833. The van der Waals surface area contributed by atoms with Crippen molar-refractivity contribution in [3.8, 4) is 6.07 Å². The number of nitrogens with one attached hydrogen (secondary N) is 1. The van der Waals surface area contributed by atoms with Crippen molar-refractivity contribution in [1.82, 2.24) is 9.97 Å². The van der Waals surface area contributed by atoms with Gasteiger partial charge in [-0.25, -0.2) is 9.97 Å². The van der Waals surface area contributed by atoms with E-state index in [0.29, 0.717) is 17.2 Å². The molecule has 0 amide bonds. The molecule has 0 saturated heterocycles. The molecule has 0 aliphatic carbocycles. The second-order valence-corrected chi connectivity index (χ2v) is 3.30. The molecule has 2 aromatic rings. The van der Waals surface area contributed by atoms with Gasteiger partial charge in [0, 0.05) is 11.9 Å². The number of rotatable bonds is 2. The van der Waals surface area contributed by atoms with Gasteiger partial charge >= 0.3 is 0 Å². The second-order valence-electron chi connectivity index (χ2n) is 3.30. The number of aromatic nitrogens is 2. The standard InChI is InChI=1S/C12H10N4/c1-9-4-2-6-11(15-9)16-12-10(8-13)5-3-7-14-12/h2-7H,1H3,(H,14,15,16). The van der Waals surface area contributed by atoms with Gasteiger partial charge in [0.1, 0.15) is 17.7 Å². The summed E-state index contributed by atoms with van der Waals surface area (Å²) in [7, 11) is 0. The molecule has 0 saturated carbocycles. The highest BCUT2D eigenvalue weighted by molar-refractivity contribution is 5.59. The maximum atomic E-state index is 8.90. The van der Waals surface area contributed by atoms with E-state index >= 15 is 0 Å². The van der Waals surface area contributed by atoms with Crippen LogP contribution in [-0.4, -0.2) is 9.97 Å². The van der Waals surface area contributed by atoms with Crippen molar-refractivity contribution >= 4 is 11.6 Å². The van der Waals surface area contributed by atoms with Gasteiger partial charge in [0.05, 0.1) is 5.56 Å². The number of pyridine rings is 2. The lowest BCUT2D eigenvalue weighted by molar-refractivity contribution is 1.18. The van der Waals surface area contributed by atoms with Crippen molar-refractivity contribution < 1.29 is 0 Å². The summed E-state index contributed by atoms with van der Waals surface area (Å²) < 4.78 is 0. The van der Waals surface area contributed by atoms with Crippen LogP contribution >= 0.6 is 0 Å². The van der Waals surface area contributed by atoms with Crippen molar-refractivity contribution in [3.05, 3.63) is 47.8 Å². The van der Waals surface area contributed by atoms with Crippen molar-refractivity contribution in [2.24, 2.45) is 0 Å². The van der Waals surface area contributed by atoms with Gasteiger partial charge in [-0.1, -0.05) is 6.07 Å². The molecule has 0 bridgehead atoms. The molecule has 0 fully saturated rings. The van der Waals surface area contributed by atoms with Crippen LogP contribution in [0.3, 0.4) is 0 Å². The van der Waals surface area contributed by atoms with Crippen molar-refractivity contribution in [2.45, 2.75) is 6.92 Å². The highest BCUT2D eigenvalue weighted by Crippen LogP contribution is 2.15. The van der Waals surface area contributed by atoms with E-state index in [1.807, 2.05) is 25.1 Å². The molecule has 2 aromatic heterocycles. The summed E-state index contributed by atoms with van der Waals surface area (Å²) in [5.74, 6) is 1.22. The molecule has 4 nitrogen and oxygen atoms in total. The van der Waals surface area contributed by atoms with Gasteiger partial charge in [-0.15, -0.1) is 0 Å². The highest BCUT2D eigenvalue weighted by Gasteiger charge is 2.02. The highest BCUT2D eigenvalue weighted by atomic mass is 15.1. The Morgan fingerprint density at radius 3 is 2.88 bits per heavy atom. The molecule has 0 aliphatic rings. The summed E-state index contributed by atoms with van der Waals surface area (Å²) in [6, 6.07) is 11.2. The number of anilines is 2. The van der Waals surface area contributed by atoms with Gasteiger partial charge in [0.15, 0.2) is 0 Å². The molecule has 1 N–H and O–H groups in total. The van der Waals surface area contributed by atoms with E-state index in [0.717, 1.165) is 5.69 Å². The molecule has 2 rings (SSSR count). The molecule has 2 heterocycles. The summed E-state index contributed by atoms with van der Waals surface area (Å²) in [6.07, 6.45) is 1.64. The number of hydrogen-bond acceptors (Lipinski definition) is 4. The maximum Gasteiger partial charge on any atom is 0.149 e. The quantitative estimate of drug-likeness (QED) is 0.826. The molecule has 0 atom stereocenters. The Hall–Kier alpha value is -2.41. The Balaban J connectivity index is 2.31. The molecular weight excluding hydrogens is 200 g/mol. The first-order chi connectivity index (χ1) is 7.79. The minimum absolute atomic E-state index is 0.505. The summed E-state index contributed by atoms with van der Waals surface area (Å²) in [6.45, 7) is 1.91. The van der Waals surface area contributed by atoms with Gasteiger partial charge in [-0.2, -0.15) is 5.26 Å². The van der Waals surface area contributed by atoms with Gasteiger partial charge in [0.2, 0.25) is 0 Å². The maximum absolute atomic E-state index is 8.90. The zero-order valence-corrected chi connectivity index (χ0v) is 8.81. The fourth-order valence-corrected chi connectivity index (χ4v) is 1.33. The minimum Gasteiger partial charge on any atom is -0.324 e. The molecule has 4 heteroatoms. The topological polar surface area (TPSA) is 61.6 Å². The normalized spacial score (nSPS) is 9.50. The lowest BCUT2D eigenvalue weighted by atomic mass is 10.3. The Kier molecular flexibility index (Phi) is 2.79.